The summed E-state index contributed by atoms with van der Waals surface area (Å²) < 4.78 is 14.9. The van der Waals surface area contributed by atoms with Crippen molar-refractivity contribution < 1.29 is 4.39 Å². The van der Waals surface area contributed by atoms with Gasteiger partial charge in [-0.2, -0.15) is 5.10 Å². The molecule has 0 fully saturated rings. The number of anilines is 1. The minimum Gasteiger partial charge on any atom is -0.381 e. The number of nitrogens with zero attached hydrogens (tertiary/aromatic N) is 2. The van der Waals surface area contributed by atoms with E-state index >= 15 is 0 Å². The van der Waals surface area contributed by atoms with E-state index in [1.165, 1.54) is 6.07 Å². The van der Waals surface area contributed by atoms with Gasteiger partial charge in [-0.1, -0.05) is 18.5 Å². The van der Waals surface area contributed by atoms with Crippen molar-refractivity contribution in [1.82, 2.24) is 9.78 Å². The van der Waals surface area contributed by atoms with Crippen LogP contribution in [0.5, 0.6) is 0 Å². The van der Waals surface area contributed by atoms with E-state index in [2.05, 4.69) is 17.3 Å². The molecule has 1 aromatic heterocycles. The van der Waals surface area contributed by atoms with Crippen LogP contribution in [0.15, 0.2) is 30.6 Å². The quantitative estimate of drug-likeness (QED) is 0.895. The highest BCUT2D eigenvalue weighted by Crippen LogP contribution is 2.19. The second-order valence-corrected chi connectivity index (χ2v) is 4.50. The van der Waals surface area contributed by atoms with Gasteiger partial charge in [-0.05, 0) is 24.6 Å². The summed E-state index contributed by atoms with van der Waals surface area (Å²) in [6.07, 6.45) is 4.89. The molecule has 96 valence electrons. The van der Waals surface area contributed by atoms with Gasteiger partial charge in [0.25, 0.3) is 0 Å². The molecule has 0 aliphatic rings. The fourth-order valence-electron chi connectivity index (χ4n) is 1.66. The summed E-state index contributed by atoms with van der Waals surface area (Å²) in [5.41, 5.74) is 1.88. The zero-order valence-corrected chi connectivity index (χ0v) is 10.9. The van der Waals surface area contributed by atoms with Crippen LogP contribution in [0, 0.1) is 5.82 Å². The predicted molar refractivity (Wildman–Crippen MR) is 71.3 cm³/mol. The molecule has 0 bridgehead atoms. The first-order chi connectivity index (χ1) is 8.69. The molecule has 0 spiro atoms. The summed E-state index contributed by atoms with van der Waals surface area (Å²) in [6, 6.07) is 4.59. The van der Waals surface area contributed by atoms with Gasteiger partial charge in [-0.3, -0.25) is 4.68 Å². The molecule has 3 nitrogen and oxygen atoms in total. The van der Waals surface area contributed by atoms with Gasteiger partial charge in [0.2, 0.25) is 0 Å². The lowest BCUT2D eigenvalue weighted by Gasteiger charge is -2.05. The number of benzene rings is 1. The number of hydrogen-bond donors (Lipinski definition) is 1. The predicted octanol–water partition coefficient (Wildman–Crippen LogP) is 3.70. The van der Waals surface area contributed by atoms with Crippen molar-refractivity contribution >= 4 is 17.3 Å². The molecule has 0 aliphatic heterocycles. The first kappa shape index (κ1) is 12.9. The highest BCUT2D eigenvalue weighted by molar-refractivity contribution is 6.31. The first-order valence-electron chi connectivity index (χ1n) is 5.89. The highest BCUT2D eigenvalue weighted by atomic mass is 35.5. The SMILES string of the molecule is CCCn1cc(CNc2ccc(F)c(Cl)c2)cn1. The Labute approximate surface area is 111 Å². The van der Waals surface area contributed by atoms with Crippen molar-refractivity contribution in [1.29, 1.82) is 0 Å². The molecular formula is C13H15ClFN3. The molecule has 0 atom stereocenters. The van der Waals surface area contributed by atoms with Crippen molar-refractivity contribution in [2.75, 3.05) is 5.32 Å². The number of aromatic nitrogens is 2. The zero-order valence-electron chi connectivity index (χ0n) is 10.2. The van der Waals surface area contributed by atoms with E-state index in [-0.39, 0.29) is 5.02 Å². The van der Waals surface area contributed by atoms with Crippen LogP contribution in [0.3, 0.4) is 0 Å². The average Bonchev–Trinajstić information content (AvgIpc) is 2.79. The van der Waals surface area contributed by atoms with E-state index in [9.17, 15) is 4.39 Å². The van der Waals surface area contributed by atoms with Gasteiger partial charge >= 0.3 is 0 Å². The average molecular weight is 268 g/mol. The molecule has 2 rings (SSSR count). The lowest BCUT2D eigenvalue weighted by atomic mass is 10.3. The maximum absolute atomic E-state index is 13.0. The molecule has 0 aliphatic carbocycles. The normalized spacial score (nSPS) is 10.6. The fourth-order valence-corrected chi connectivity index (χ4v) is 1.84. The molecule has 0 saturated carbocycles. The van der Waals surface area contributed by atoms with E-state index in [4.69, 9.17) is 11.6 Å². The zero-order chi connectivity index (χ0) is 13.0. The summed E-state index contributed by atoms with van der Waals surface area (Å²) in [5, 5.41) is 7.55. The van der Waals surface area contributed by atoms with Crippen LogP contribution >= 0.6 is 11.6 Å². The number of rotatable bonds is 5. The van der Waals surface area contributed by atoms with E-state index in [1.54, 1.807) is 12.1 Å². The van der Waals surface area contributed by atoms with Crippen molar-refractivity contribution in [2.24, 2.45) is 0 Å². The maximum atomic E-state index is 13.0. The Kier molecular flexibility index (Phi) is 4.20. The lowest BCUT2D eigenvalue weighted by Crippen LogP contribution is -1.99. The Bertz CT molecular complexity index is 525. The maximum Gasteiger partial charge on any atom is 0.141 e. The number of aryl methyl sites for hydroxylation is 1. The molecule has 0 radical (unpaired) electrons. The van der Waals surface area contributed by atoms with Crippen LogP contribution in [-0.4, -0.2) is 9.78 Å². The van der Waals surface area contributed by atoms with Gasteiger partial charge in [-0.15, -0.1) is 0 Å². The van der Waals surface area contributed by atoms with Gasteiger partial charge in [-0.25, -0.2) is 4.39 Å². The summed E-state index contributed by atoms with van der Waals surface area (Å²) in [7, 11) is 0. The Hall–Kier alpha value is -1.55. The van der Waals surface area contributed by atoms with Crippen LogP contribution in [-0.2, 0) is 13.1 Å². The molecule has 1 aromatic carbocycles. The van der Waals surface area contributed by atoms with E-state index in [1.807, 2.05) is 17.1 Å². The summed E-state index contributed by atoms with van der Waals surface area (Å²) in [4.78, 5) is 0. The van der Waals surface area contributed by atoms with Crippen molar-refractivity contribution in [3.63, 3.8) is 0 Å². The van der Waals surface area contributed by atoms with Crippen LogP contribution < -0.4 is 5.32 Å². The van der Waals surface area contributed by atoms with E-state index in [0.29, 0.717) is 6.54 Å². The topological polar surface area (TPSA) is 29.9 Å². The fraction of sp³-hybridized carbons (Fsp3) is 0.308. The van der Waals surface area contributed by atoms with Gasteiger partial charge in [0, 0.05) is 30.5 Å². The molecule has 2 aromatic rings. The van der Waals surface area contributed by atoms with Crippen LogP contribution in [0.25, 0.3) is 0 Å². The summed E-state index contributed by atoms with van der Waals surface area (Å²) in [6.45, 7) is 3.67. The third kappa shape index (κ3) is 3.23. The first-order valence-corrected chi connectivity index (χ1v) is 6.27. The highest BCUT2D eigenvalue weighted by Gasteiger charge is 2.02. The number of hydrogen-bond acceptors (Lipinski definition) is 2. The third-order valence-corrected chi connectivity index (χ3v) is 2.85. The second kappa shape index (κ2) is 5.87. The number of halogens is 2. The van der Waals surface area contributed by atoms with Crippen LogP contribution in [0.2, 0.25) is 5.02 Å². The van der Waals surface area contributed by atoms with Crippen molar-refractivity contribution in [3.05, 3.63) is 47.0 Å². The minimum atomic E-state index is -0.405. The second-order valence-electron chi connectivity index (χ2n) is 4.09. The molecule has 1 N–H and O–H groups in total. The van der Waals surface area contributed by atoms with Gasteiger partial charge < -0.3 is 5.32 Å². The minimum absolute atomic E-state index is 0.127. The van der Waals surface area contributed by atoms with Gasteiger partial charge in [0.15, 0.2) is 0 Å². The standard InChI is InChI=1S/C13H15ClFN3/c1-2-5-18-9-10(8-17-18)7-16-11-3-4-13(15)12(14)6-11/h3-4,6,8-9,16H,2,5,7H2,1H3. The summed E-state index contributed by atoms with van der Waals surface area (Å²) in [5.74, 6) is -0.405. The molecule has 5 heteroatoms. The Morgan fingerprint density at radius 3 is 3.00 bits per heavy atom. The lowest BCUT2D eigenvalue weighted by molar-refractivity contribution is 0.602. The molecule has 1 heterocycles. The summed E-state index contributed by atoms with van der Waals surface area (Å²) >= 11 is 5.71. The monoisotopic (exact) mass is 267 g/mol. The van der Waals surface area contributed by atoms with Crippen LogP contribution in [0.1, 0.15) is 18.9 Å². The largest absolute Gasteiger partial charge is 0.381 e. The molecular weight excluding hydrogens is 253 g/mol. The Balaban J connectivity index is 1.95. The Morgan fingerprint density at radius 1 is 1.44 bits per heavy atom. The van der Waals surface area contributed by atoms with Crippen molar-refractivity contribution in [3.8, 4) is 0 Å². The molecule has 0 unspecified atom stereocenters. The third-order valence-electron chi connectivity index (χ3n) is 2.56. The van der Waals surface area contributed by atoms with Gasteiger partial charge in [0.1, 0.15) is 5.82 Å². The van der Waals surface area contributed by atoms with E-state index in [0.717, 1.165) is 24.2 Å². The smallest absolute Gasteiger partial charge is 0.141 e. The molecule has 0 amide bonds. The van der Waals surface area contributed by atoms with Crippen molar-refractivity contribution in [2.45, 2.75) is 26.4 Å². The van der Waals surface area contributed by atoms with E-state index < -0.39 is 5.82 Å². The number of nitrogens with one attached hydrogen (secondary N) is 1. The van der Waals surface area contributed by atoms with Gasteiger partial charge in [0.05, 0.1) is 11.2 Å². The molecule has 0 saturated heterocycles. The van der Waals surface area contributed by atoms with Crippen LogP contribution in [0.4, 0.5) is 10.1 Å². The molecule has 18 heavy (non-hydrogen) atoms. The Morgan fingerprint density at radius 2 is 2.28 bits per heavy atom.